The Hall–Kier alpha value is -1.71. The summed E-state index contributed by atoms with van der Waals surface area (Å²) in [5.41, 5.74) is -1.06. The normalized spacial score (nSPS) is 12.1. The number of carbonyl (C=O) groups is 2. The van der Waals surface area contributed by atoms with Crippen LogP contribution in [0.2, 0.25) is 0 Å². The minimum atomic E-state index is -4.33. The molecule has 0 aromatic rings. The molecule has 26 heavy (non-hydrogen) atoms. The number of carbonyl (C=O) groups excluding carboxylic acids is 2. The monoisotopic (exact) mass is 391 g/mol. The smallest absolute Gasteiger partial charge is 0.243 e. The number of hydrogen-bond donors (Lipinski definition) is 2. The predicted octanol–water partition coefficient (Wildman–Crippen LogP) is 0.387. The number of rotatable bonds is 9. The van der Waals surface area contributed by atoms with Crippen LogP contribution in [0.4, 0.5) is 0 Å². The van der Waals surface area contributed by atoms with Crippen molar-refractivity contribution < 1.29 is 27.0 Å². The molecular weight excluding hydrogens is 358 g/mol. The zero-order chi connectivity index (χ0) is 21.0. The van der Waals surface area contributed by atoms with Crippen molar-refractivity contribution in [2.45, 2.75) is 32.7 Å². The minimum absolute atomic E-state index is 0.00362. The Balaban J connectivity index is 0. The minimum Gasteiger partial charge on any atom is -0.748 e. The van der Waals surface area contributed by atoms with Gasteiger partial charge in [0.1, 0.15) is 0 Å². The van der Waals surface area contributed by atoms with Crippen LogP contribution in [-0.4, -0.2) is 74.8 Å². The van der Waals surface area contributed by atoms with Crippen molar-refractivity contribution in [1.82, 2.24) is 10.6 Å². The average Bonchev–Trinajstić information content (AvgIpc) is 2.40. The number of nitrogens with zero attached hydrogens (tertiary/aromatic N) is 1. The van der Waals surface area contributed by atoms with Gasteiger partial charge in [-0.05, 0) is 32.9 Å². The van der Waals surface area contributed by atoms with Crippen molar-refractivity contribution in [3.8, 4) is 0 Å². The first-order valence-corrected chi connectivity index (χ1v) is 9.79. The number of hydrogen-bond acceptors (Lipinski definition) is 5. The van der Waals surface area contributed by atoms with Gasteiger partial charge in [0.25, 0.3) is 0 Å². The highest BCUT2D eigenvalue weighted by Crippen LogP contribution is 2.05. The van der Waals surface area contributed by atoms with Gasteiger partial charge in [-0.15, -0.1) is 0 Å². The summed E-state index contributed by atoms with van der Waals surface area (Å²) in [6, 6.07) is 0. The third-order valence-electron chi connectivity index (χ3n) is 2.81. The molecule has 0 heterocycles. The summed E-state index contributed by atoms with van der Waals surface area (Å²) in [7, 11) is 2.11. The van der Waals surface area contributed by atoms with Crippen LogP contribution in [0.5, 0.6) is 0 Å². The van der Waals surface area contributed by atoms with Crippen LogP contribution >= 0.6 is 0 Å². The van der Waals surface area contributed by atoms with Crippen LogP contribution in [0.1, 0.15) is 27.2 Å². The molecule has 0 fully saturated rings. The molecule has 0 saturated heterocycles. The van der Waals surface area contributed by atoms with E-state index in [1.165, 1.54) is 13.8 Å². The van der Waals surface area contributed by atoms with Gasteiger partial charge in [0.2, 0.25) is 11.8 Å². The van der Waals surface area contributed by atoms with Crippen molar-refractivity contribution in [2.75, 3.05) is 40.0 Å². The van der Waals surface area contributed by atoms with E-state index >= 15 is 0 Å². The maximum Gasteiger partial charge on any atom is 0.243 e. The van der Waals surface area contributed by atoms with Crippen molar-refractivity contribution in [3.63, 3.8) is 0 Å². The second kappa shape index (κ2) is 11.8. The number of allylic oxidation sites excluding steroid dienone is 1. The quantitative estimate of drug-likeness (QED) is 0.255. The highest BCUT2D eigenvalue weighted by atomic mass is 32.2. The van der Waals surface area contributed by atoms with E-state index in [-0.39, 0.29) is 5.91 Å². The maximum atomic E-state index is 11.0. The molecule has 2 N–H and O–H groups in total. The molecule has 0 rings (SSSR count). The first-order chi connectivity index (χ1) is 11.6. The summed E-state index contributed by atoms with van der Waals surface area (Å²) >= 11 is 0. The first-order valence-electron chi connectivity index (χ1n) is 8.21. The van der Waals surface area contributed by atoms with Gasteiger partial charge in [0.15, 0.2) is 0 Å². The van der Waals surface area contributed by atoms with E-state index in [1.807, 2.05) is 6.92 Å². The van der Waals surface area contributed by atoms with Crippen LogP contribution in [0.15, 0.2) is 24.8 Å². The highest BCUT2D eigenvalue weighted by molar-refractivity contribution is 7.85. The third-order valence-corrected chi connectivity index (χ3v) is 3.88. The predicted molar refractivity (Wildman–Crippen MR) is 102 cm³/mol. The largest absolute Gasteiger partial charge is 0.748 e. The molecule has 0 unspecified atom stereocenters. The number of quaternary nitrogens is 1. The van der Waals surface area contributed by atoms with Gasteiger partial charge in [0, 0.05) is 18.5 Å². The van der Waals surface area contributed by atoms with Crippen molar-refractivity contribution >= 4 is 21.9 Å². The highest BCUT2D eigenvalue weighted by Gasteiger charge is 2.22. The SMILES string of the molecule is C=CC(=O)NC(C)(C)CS(=O)(=O)[O-].CC=CC(=O)NCCC[N+](C)(C)C. The summed E-state index contributed by atoms with van der Waals surface area (Å²) < 4.78 is 32.1. The number of amides is 2. The lowest BCUT2D eigenvalue weighted by atomic mass is 10.1. The fourth-order valence-corrected chi connectivity index (χ4v) is 2.79. The molecule has 2 amide bonds. The van der Waals surface area contributed by atoms with Gasteiger partial charge in [-0.3, -0.25) is 9.59 Å². The Labute approximate surface area is 157 Å². The van der Waals surface area contributed by atoms with E-state index in [0.717, 1.165) is 30.1 Å². The number of nitrogens with one attached hydrogen (secondary N) is 2. The summed E-state index contributed by atoms with van der Waals surface area (Å²) in [4.78, 5) is 21.8. The van der Waals surface area contributed by atoms with Crippen molar-refractivity contribution in [1.29, 1.82) is 0 Å². The molecule has 0 aliphatic heterocycles. The summed E-state index contributed by atoms with van der Waals surface area (Å²) in [6.07, 6.45) is 5.33. The Morgan fingerprint density at radius 1 is 1.19 bits per heavy atom. The lowest BCUT2D eigenvalue weighted by molar-refractivity contribution is -0.870. The molecule has 0 aliphatic carbocycles. The third kappa shape index (κ3) is 20.3. The lowest BCUT2D eigenvalue weighted by Crippen LogP contribution is -2.47. The molecule has 152 valence electrons. The first kappa shape index (κ1) is 26.5. The van der Waals surface area contributed by atoms with Gasteiger partial charge in [0.05, 0.1) is 43.6 Å². The molecule has 0 aliphatic rings. The van der Waals surface area contributed by atoms with Crippen LogP contribution in [0.25, 0.3) is 0 Å². The fourth-order valence-electron chi connectivity index (χ4n) is 1.84. The van der Waals surface area contributed by atoms with Crippen molar-refractivity contribution in [2.24, 2.45) is 0 Å². The molecule has 0 aromatic heterocycles. The Bertz CT molecular complexity index is 590. The van der Waals surface area contributed by atoms with Gasteiger partial charge in [-0.25, -0.2) is 8.42 Å². The standard InChI is InChI=1S/C10H20N2O.C7H13NO4S/c1-5-7-10(13)11-8-6-9-12(2,3)4;1-4-6(9)8-7(2,3)5-13(10,11)12/h5,7H,6,8-9H2,1-4H3;4H,1,5H2,2-3H3,(H,8,9)(H,10,11,12). The van der Waals surface area contributed by atoms with Crippen LogP contribution in [0.3, 0.4) is 0 Å². The van der Waals surface area contributed by atoms with Gasteiger partial charge in [-0.2, -0.15) is 0 Å². The van der Waals surface area contributed by atoms with Gasteiger partial charge in [-0.1, -0.05) is 12.7 Å². The molecule has 0 atom stereocenters. The summed E-state index contributed by atoms with van der Waals surface area (Å²) in [5, 5.41) is 5.15. The zero-order valence-corrected chi connectivity index (χ0v) is 17.5. The molecule has 0 aromatic carbocycles. The molecular formula is C17H33N3O5S. The summed E-state index contributed by atoms with van der Waals surface area (Å²) in [6.45, 7) is 9.78. The molecule has 0 spiro atoms. The second-order valence-corrected chi connectivity index (χ2v) is 8.84. The molecule has 0 bridgehead atoms. The second-order valence-electron chi connectivity index (χ2n) is 7.44. The molecule has 8 nitrogen and oxygen atoms in total. The van der Waals surface area contributed by atoms with Crippen LogP contribution < -0.4 is 10.6 Å². The van der Waals surface area contributed by atoms with Crippen LogP contribution in [0, 0.1) is 0 Å². The molecule has 0 radical (unpaired) electrons. The molecule has 0 saturated carbocycles. The Morgan fingerprint density at radius 3 is 2.12 bits per heavy atom. The lowest BCUT2D eigenvalue weighted by Gasteiger charge is -2.26. The Morgan fingerprint density at radius 2 is 1.73 bits per heavy atom. The van der Waals surface area contributed by atoms with Gasteiger partial charge < -0.3 is 19.7 Å². The zero-order valence-electron chi connectivity index (χ0n) is 16.7. The van der Waals surface area contributed by atoms with Crippen LogP contribution in [-0.2, 0) is 19.7 Å². The average molecular weight is 392 g/mol. The van der Waals surface area contributed by atoms with E-state index in [0.29, 0.717) is 0 Å². The van der Waals surface area contributed by atoms with E-state index < -0.39 is 27.3 Å². The van der Waals surface area contributed by atoms with E-state index in [9.17, 15) is 22.6 Å². The molecule has 9 heteroatoms. The van der Waals surface area contributed by atoms with Gasteiger partial charge >= 0.3 is 0 Å². The summed E-state index contributed by atoms with van der Waals surface area (Å²) in [5.74, 6) is -1.14. The van der Waals surface area contributed by atoms with E-state index in [2.05, 4.69) is 38.4 Å². The fraction of sp³-hybridized carbons (Fsp3) is 0.647. The van der Waals surface area contributed by atoms with E-state index in [4.69, 9.17) is 0 Å². The Kier molecular flexibility index (Phi) is 12.1. The van der Waals surface area contributed by atoms with E-state index in [1.54, 1.807) is 12.2 Å². The maximum absolute atomic E-state index is 11.0. The van der Waals surface area contributed by atoms with Crippen molar-refractivity contribution in [3.05, 3.63) is 24.8 Å². The topological polar surface area (TPSA) is 115 Å².